The van der Waals surface area contributed by atoms with Gasteiger partial charge in [0.05, 0.1) is 5.92 Å². The van der Waals surface area contributed by atoms with Crippen molar-refractivity contribution in [3.05, 3.63) is 48.0 Å². The van der Waals surface area contributed by atoms with E-state index in [9.17, 15) is 9.59 Å². The Balaban J connectivity index is 2.02. The zero-order valence-corrected chi connectivity index (χ0v) is 14.1. The molecule has 1 fully saturated rings. The van der Waals surface area contributed by atoms with E-state index in [1.54, 1.807) is 0 Å². The van der Waals surface area contributed by atoms with Crippen molar-refractivity contribution in [3.8, 4) is 0 Å². The lowest BCUT2D eigenvalue weighted by atomic mass is 9.68. The molecule has 0 saturated heterocycles. The normalized spacial score (nSPS) is 25.0. The fourth-order valence-corrected chi connectivity index (χ4v) is 3.92. The number of benzene rings is 2. The van der Waals surface area contributed by atoms with E-state index in [1.165, 1.54) is 0 Å². The zero-order valence-electron chi connectivity index (χ0n) is 14.1. The van der Waals surface area contributed by atoms with E-state index in [2.05, 4.69) is 13.8 Å². The third-order valence-electron chi connectivity index (χ3n) is 5.32. The molecule has 0 spiro atoms. The van der Waals surface area contributed by atoms with Crippen LogP contribution in [0.3, 0.4) is 0 Å². The molecule has 0 bridgehead atoms. The average molecular weight is 308 g/mol. The van der Waals surface area contributed by atoms with E-state index in [-0.39, 0.29) is 23.4 Å². The summed E-state index contributed by atoms with van der Waals surface area (Å²) in [6, 6.07) is 13.7. The van der Waals surface area contributed by atoms with Gasteiger partial charge in [0, 0.05) is 11.5 Å². The molecule has 0 aromatic heterocycles. The number of carbonyl (C=O) groups excluding carboxylic acids is 2. The maximum Gasteiger partial charge on any atom is 0.174 e. The average Bonchev–Trinajstić information content (AvgIpc) is 2.53. The van der Waals surface area contributed by atoms with Gasteiger partial charge in [-0.25, -0.2) is 0 Å². The first-order valence-electron chi connectivity index (χ1n) is 8.56. The summed E-state index contributed by atoms with van der Waals surface area (Å²) in [6.07, 6.45) is 1.87. The fourth-order valence-electron chi connectivity index (χ4n) is 3.92. The van der Waals surface area contributed by atoms with Crippen LogP contribution in [0.2, 0.25) is 0 Å². The molecule has 2 aromatic rings. The molecule has 3 rings (SSSR count). The minimum Gasteiger partial charge on any atom is -0.299 e. The molecule has 3 atom stereocenters. The number of ketones is 2. The Hall–Kier alpha value is -1.96. The lowest BCUT2D eigenvalue weighted by Gasteiger charge is -2.34. The minimum absolute atomic E-state index is 0.00431. The lowest BCUT2D eigenvalue weighted by molar-refractivity contribution is -0.130. The van der Waals surface area contributed by atoms with Crippen LogP contribution in [0.4, 0.5) is 0 Å². The summed E-state index contributed by atoms with van der Waals surface area (Å²) >= 11 is 0. The number of hydrogen-bond donors (Lipinski definition) is 0. The molecule has 2 heteroatoms. The first-order chi connectivity index (χ1) is 11.0. The van der Waals surface area contributed by atoms with Crippen molar-refractivity contribution in [3.63, 3.8) is 0 Å². The van der Waals surface area contributed by atoms with Crippen LogP contribution in [-0.4, -0.2) is 11.6 Å². The van der Waals surface area contributed by atoms with Crippen LogP contribution in [0.25, 0.3) is 10.8 Å². The number of hydrogen-bond acceptors (Lipinski definition) is 2. The van der Waals surface area contributed by atoms with Crippen molar-refractivity contribution in [1.29, 1.82) is 0 Å². The van der Waals surface area contributed by atoms with Gasteiger partial charge in [-0.3, -0.25) is 9.59 Å². The SMILES string of the molecule is CC(C)[C@@H]1CC[C@@H](C)[C@@H](C(=O)c2cccc3ccccc23)C1=O. The van der Waals surface area contributed by atoms with Crippen molar-refractivity contribution < 1.29 is 9.59 Å². The third-order valence-corrected chi connectivity index (χ3v) is 5.32. The summed E-state index contributed by atoms with van der Waals surface area (Å²) in [6.45, 7) is 6.21. The molecule has 0 unspecified atom stereocenters. The Kier molecular flexibility index (Phi) is 4.34. The number of Topliss-reactive ketones (excluding diaryl/α,β-unsaturated/α-hetero) is 2. The van der Waals surface area contributed by atoms with Crippen LogP contribution in [0, 0.1) is 23.7 Å². The molecule has 0 heterocycles. The molecule has 2 aromatic carbocycles. The summed E-state index contributed by atoms with van der Waals surface area (Å²) in [4.78, 5) is 26.1. The number of fused-ring (bicyclic) bond motifs is 1. The van der Waals surface area contributed by atoms with Gasteiger partial charge in [-0.2, -0.15) is 0 Å². The van der Waals surface area contributed by atoms with Gasteiger partial charge in [-0.15, -0.1) is 0 Å². The van der Waals surface area contributed by atoms with Crippen LogP contribution >= 0.6 is 0 Å². The van der Waals surface area contributed by atoms with E-state index in [0.717, 1.165) is 23.6 Å². The van der Waals surface area contributed by atoms with Gasteiger partial charge in [-0.05, 0) is 35.4 Å². The van der Waals surface area contributed by atoms with Gasteiger partial charge in [0.1, 0.15) is 5.78 Å². The summed E-state index contributed by atoms with van der Waals surface area (Å²) in [5, 5.41) is 2.00. The lowest BCUT2D eigenvalue weighted by Crippen LogP contribution is -2.41. The van der Waals surface area contributed by atoms with Crippen LogP contribution < -0.4 is 0 Å². The minimum atomic E-state index is -0.484. The van der Waals surface area contributed by atoms with Gasteiger partial charge in [-0.1, -0.05) is 63.2 Å². The highest BCUT2D eigenvalue weighted by Crippen LogP contribution is 2.37. The smallest absolute Gasteiger partial charge is 0.174 e. The van der Waals surface area contributed by atoms with Crippen LogP contribution in [0.15, 0.2) is 42.5 Å². The standard InChI is InChI=1S/C21H24O2/c1-13(2)16-12-11-14(3)19(20(16)22)21(23)18-10-6-8-15-7-4-5-9-17(15)18/h4-10,13-14,16,19H,11-12H2,1-3H3/t14-,16+,19-/m1/s1. The Morgan fingerprint density at radius 2 is 1.74 bits per heavy atom. The Labute approximate surface area is 137 Å². The van der Waals surface area contributed by atoms with Crippen molar-refractivity contribution in [2.45, 2.75) is 33.6 Å². The zero-order chi connectivity index (χ0) is 16.6. The van der Waals surface area contributed by atoms with E-state index in [0.29, 0.717) is 11.5 Å². The summed E-state index contributed by atoms with van der Waals surface area (Å²) < 4.78 is 0. The second kappa shape index (κ2) is 6.27. The van der Waals surface area contributed by atoms with Gasteiger partial charge in [0.15, 0.2) is 5.78 Å². The molecular weight excluding hydrogens is 284 g/mol. The molecule has 1 saturated carbocycles. The highest BCUT2D eigenvalue weighted by atomic mass is 16.2. The van der Waals surface area contributed by atoms with Gasteiger partial charge < -0.3 is 0 Å². The van der Waals surface area contributed by atoms with Crippen LogP contribution in [-0.2, 0) is 4.79 Å². The maximum atomic E-state index is 13.2. The molecular formula is C21H24O2. The molecule has 120 valence electrons. The monoisotopic (exact) mass is 308 g/mol. The molecule has 0 radical (unpaired) electrons. The molecule has 1 aliphatic rings. The van der Waals surface area contributed by atoms with E-state index in [4.69, 9.17) is 0 Å². The first kappa shape index (κ1) is 15.9. The predicted molar refractivity (Wildman–Crippen MR) is 93.5 cm³/mol. The summed E-state index contributed by atoms with van der Waals surface area (Å²) in [7, 11) is 0. The van der Waals surface area contributed by atoms with Crippen molar-refractivity contribution in [2.24, 2.45) is 23.7 Å². The summed E-state index contributed by atoms with van der Waals surface area (Å²) in [5.74, 6) is 0.125. The van der Waals surface area contributed by atoms with Gasteiger partial charge in [0.25, 0.3) is 0 Å². The highest BCUT2D eigenvalue weighted by Gasteiger charge is 2.41. The maximum absolute atomic E-state index is 13.2. The fraction of sp³-hybridized carbons (Fsp3) is 0.429. The van der Waals surface area contributed by atoms with Gasteiger partial charge in [0.2, 0.25) is 0 Å². The second-order valence-electron chi connectivity index (χ2n) is 7.18. The molecule has 0 N–H and O–H groups in total. The van der Waals surface area contributed by atoms with Crippen LogP contribution in [0.1, 0.15) is 44.0 Å². The largest absolute Gasteiger partial charge is 0.299 e. The quantitative estimate of drug-likeness (QED) is 0.596. The molecule has 0 amide bonds. The van der Waals surface area contributed by atoms with Gasteiger partial charge >= 0.3 is 0 Å². The molecule has 1 aliphatic carbocycles. The van der Waals surface area contributed by atoms with Crippen molar-refractivity contribution in [2.75, 3.05) is 0 Å². The van der Waals surface area contributed by atoms with Crippen molar-refractivity contribution in [1.82, 2.24) is 0 Å². The summed E-state index contributed by atoms with van der Waals surface area (Å²) in [5.41, 5.74) is 0.692. The molecule has 0 aliphatic heterocycles. The van der Waals surface area contributed by atoms with E-state index >= 15 is 0 Å². The predicted octanol–water partition coefficient (Wildman–Crippen LogP) is 4.91. The topological polar surface area (TPSA) is 34.1 Å². The molecule has 2 nitrogen and oxygen atoms in total. The Morgan fingerprint density at radius 1 is 1.04 bits per heavy atom. The van der Waals surface area contributed by atoms with E-state index in [1.807, 2.05) is 49.4 Å². The third kappa shape index (κ3) is 2.83. The number of carbonyl (C=O) groups is 2. The second-order valence-corrected chi connectivity index (χ2v) is 7.18. The highest BCUT2D eigenvalue weighted by molar-refractivity contribution is 6.17. The Morgan fingerprint density at radius 3 is 2.48 bits per heavy atom. The molecule has 23 heavy (non-hydrogen) atoms. The Bertz CT molecular complexity index is 739. The van der Waals surface area contributed by atoms with Crippen molar-refractivity contribution >= 4 is 22.3 Å². The number of rotatable bonds is 3. The van der Waals surface area contributed by atoms with Crippen LogP contribution in [0.5, 0.6) is 0 Å². The first-order valence-corrected chi connectivity index (χ1v) is 8.56. The van der Waals surface area contributed by atoms with E-state index < -0.39 is 5.92 Å².